The summed E-state index contributed by atoms with van der Waals surface area (Å²) in [6.45, 7) is 1.68. The molecule has 2 amide bonds. The molecule has 2 aliphatic heterocycles. The van der Waals surface area contributed by atoms with Gasteiger partial charge in [-0.25, -0.2) is 0 Å². The Labute approximate surface area is 208 Å². The van der Waals surface area contributed by atoms with Crippen molar-refractivity contribution in [3.05, 3.63) is 82.5 Å². The lowest BCUT2D eigenvalue weighted by atomic mass is 9.86. The molecule has 36 heavy (non-hydrogen) atoms. The van der Waals surface area contributed by atoms with Gasteiger partial charge in [0.2, 0.25) is 11.8 Å². The van der Waals surface area contributed by atoms with Crippen molar-refractivity contribution in [2.75, 3.05) is 13.7 Å². The molecule has 2 N–H and O–H groups in total. The molecule has 4 atom stereocenters. The Hall–Kier alpha value is -3.98. The highest BCUT2D eigenvalue weighted by Crippen LogP contribution is 2.48. The number of amides is 2. The molecule has 4 heterocycles. The number of carbonyl (C=O) groups excluding carboxylic acids is 2. The van der Waals surface area contributed by atoms with Crippen LogP contribution in [0.1, 0.15) is 24.2 Å². The van der Waals surface area contributed by atoms with Gasteiger partial charge >= 0.3 is 0 Å². The average molecular weight is 489 g/mol. The first-order valence-electron chi connectivity index (χ1n) is 11.9. The van der Waals surface area contributed by atoms with E-state index in [1.54, 1.807) is 47.2 Å². The zero-order valence-corrected chi connectivity index (χ0v) is 20.1. The number of hydrogen-bond donors (Lipinski definition) is 2. The van der Waals surface area contributed by atoms with Crippen LogP contribution in [-0.2, 0) is 22.7 Å². The van der Waals surface area contributed by atoms with E-state index >= 15 is 0 Å². The molecule has 9 heteroatoms. The smallest absolute Gasteiger partial charge is 0.258 e. The Morgan fingerprint density at radius 1 is 1.17 bits per heavy atom. The zero-order chi connectivity index (χ0) is 25.4. The minimum absolute atomic E-state index is 0.189. The van der Waals surface area contributed by atoms with E-state index in [1.807, 2.05) is 30.3 Å². The van der Waals surface area contributed by atoms with Crippen molar-refractivity contribution >= 4 is 11.8 Å². The van der Waals surface area contributed by atoms with Crippen LogP contribution >= 0.6 is 0 Å². The number of benzene rings is 1. The monoisotopic (exact) mass is 488 g/mol. The van der Waals surface area contributed by atoms with Gasteiger partial charge in [0.05, 0.1) is 25.1 Å². The van der Waals surface area contributed by atoms with E-state index in [4.69, 9.17) is 4.74 Å². The number of carbonyl (C=O) groups is 2. The summed E-state index contributed by atoms with van der Waals surface area (Å²) in [5, 5.41) is 13.3. The van der Waals surface area contributed by atoms with Crippen LogP contribution in [-0.4, -0.2) is 51.1 Å². The molecule has 0 unspecified atom stereocenters. The van der Waals surface area contributed by atoms with Crippen molar-refractivity contribution in [3.63, 3.8) is 0 Å². The number of fused-ring (bicyclic) bond motifs is 4. The molecule has 1 saturated heterocycles. The standard InChI is InChI=1S/C27H28N4O5/c1-16(33)31-23-14-30-22(7-6-20(27(30)35)18-8-10-28-11-9-18)25(31)24(21(23)15-32)26(34)29-13-17-4-3-5-19(12-17)36-2/h3-12,21,23-25,32H,13-15H2,1-2H3,(H,29,34)/t21-,23-,24+,25+/m0/s1. The Kier molecular flexibility index (Phi) is 6.32. The summed E-state index contributed by atoms with van der Waals surface area (Å²) in [5.74, 6) is -0.978. The topological polar surface area (TPSA) is 114 Å². The summed E-state index contributed by atoms with van der Waals surface area (Å²) in [4.78, 5) is 45.5. The number of nitrogens with one attached hydrogen (secondary N) is 1. The number of hydrogen-bond acceptors (Lipinski definition) is 6. The van der Waals surface area contributed by atoms with Gasteiger partial charge in [-0.15, -0.1) is 0 Å². The van der Waals surface area contributed by atoms with Crippen LogP contribution in [0.2, 0.25) is 0 Å². The molecule has 0 radical (unpaired) electrons. The maximum atomic E-state index is 13.6. The first-order chi connectivity index (χ1) is 17.4. The van der Waals surface area contributed by atoms with E-state index in [-0.39, 0.29) is 37.1 Å². The number of ether oxygens (including phenoxy) is 1. The van der Waals surface area contributed by atoms with Gasteiger partial charge in [0.25, 0.3) is 5.56 Å². The van der Waals surface area contributed by atoms with E-state index in [9.17, 15) is 19.5 Å². The van der Waals surface area contributed by atoms with Gasteiger partial charge in [-0.3, -0.25) is 19.4 Å². The molecule has 0 spiro atoms. The van der Waals surface area contributed by atoms with Gasteiger partial charge in [0, 0.05) is 56.2 Å². The van der Waals surface area contributed by atoms with Gasteiger partial charge in [-0.05, 0) is 47.5 Å². The Morgan fingerprint density at radius 3 is 2.64 bits per heavy atom. The highest BCUT2D eigenvalue weighted by atomic mass is 16.5. The number of pyridine rings is 2. The second-order valence-corrected chi connectivity index (χ2v) is 9.20. The van der Waals surface area contributed by atoms with Crippen molar-refractivity contribution in [2.24, 2.45) is 11.8 Å². The Bertz CT molecular complexity index is 1360. The van der Waals surface area contributed by atoms with E-state index in [0.29, 0.717) is 17.0 Å². The molecule has 2 aromatic heterocycles. The zero-order valence-electron chi connectivity index (χ0n) is 20.1. The van der Waals surface area contributed by atoms with E-state index < -0.39 is 23.9 Å². The van der Waals surface area contributed by atoms with Crippen molar-refractivity contribution in [3.8, 4) is 16.9 Å². The lowest BCUT2D eigenvalue weighted by Gasteiger charge is -2.37. The summed E-state index contributed by atoms with van der Waals surface area (Å²) >= 11 is 0. The first kappa shape index (κ1) is 23.7. The number of methoxy groups -OCH3 is 1. The van der Waals surface area contributed by atoms with E-state index in [2.05, 4.69) is 10.3 Å². The lowest BCUT2D eigenvalue weighted by Crippen LogP contribution is -2.48. The minimum atomic E-state index is -0.700. The third kappa shape index (κ3) is 3.95. The van der Waals surface area contributed by atoms with Crippen molar-refractivity contribution in [2.45, 2.75) is 32.1 Å². The molecule has 186 valence electrons. The van der Waals surface area contributed by atoms with Crippen molar-refractivity contribution < 1.29 is 19.4 Å². The fraction of sp³-hybridized carbons (Fsp3) is 0.333. The minimum Gasteiger partial charge on any atom is -0.497 e. The second kappa shape index (κ2) is 9.58. The average Bonchev–Trinajstić information content (AvgIpc) is 3.15. The quantitative estimate of drug-likeness (QED) is 0.547. The fourth-order valence-corrected chi connectivity index (χ4v) is 5.68. The number of rotatable bonds is 6. The third-order valence-electron chi connectivity index (χ3n) is 7.30. The highest BCUT2D eigenvalue weighted by molar-refractivity contribution is 5.83. The molecule has 1 fully saturated rings. The van der Waals surface area contributed by atoms with Gasteiger partial charge in [-0.1, -0.05) is 12.1 Å². The lowest BCUT2D eigenvalue weighted by molar-refractivity contribution is -0.134. The number of aliphatic hydroxyl groups excluding tert-OH is 1. The highest BCUT2D eigenvalue weighted by Gasteiger charge is 2.56. The Morgan fingerprint density at radius 2 is 1.94 bits per heavy atom. The van der Waals surface area contributed by atoms with Gasteiger partial charge in [-0.2, -0.15) is 0 Å². The summed E-state index contributed by atoms with van der Waals surface area (Å²) in [5.41, 5.74) is 2.55. The molecular weight excluding hydrogens is 460 g/mol. The summed E-state index contributed by atoms with van der Waals surface area (Å²) < 4.78 is 6.91. The van der Waals surface area contributed by atoms with Crippen LogP contribution in [0.5, 0.6) is 5.75 Å². The molecule has 5 rings (SSSR count). The van der Waals surface area contributed by atoms with E-state index in [1.165, 1.54) is 6.92 Å². The van der Waals surface area contributed by atoms with Crippen LogP contribution in [0.25, 0.3) is 11.1 Å². The molecule has 2 aliphatic rings. The predicted octanol–water partition coefficient (Wildman–Crippen LogP) is 1.75. The van der Waals surface area contributed by atoms with Crippen molar-refractivity contribution in [1.29, 1.82) is 0 Å². The Balaban J connectivity index is 1.51. The molecule has 0 saturated carbocycles. The van der Waals surface area contributed by atoms with Crippen LogP contribution in [0.4, 0.5) is 0 Å². The molecule has 0 aliphatic carbocycles. The largest absolute Gasteiger partial charge is 0.497 e. The van der Waals surface area contributed by atoms with Gasteiger partial charge < -0.3 is 24.6 Å². The summed E-state index contributed by atoms with van der Waals surface area (Å²) in [6, 6.07) is 13.4. The molecule has 9 nitrogen and oxygen atoms in total. The molecule has 2 bridgehead atoms. The SMILES string of the molecule is COc1cccc(CNC(=O)[C@@H]2[C@@H](CO)[C@@H]3Cn4c(ccc(-c5ccncc5)c4=O)[C@H]2N3C(C)=O)c1. The summed E-state index contributed by atoms with van der Waals surface area (Å²) in [7, 11) is 1.58. The van der Waals surface area contributed by atoms with Crippen LogP contribution in [0.3, 0.4) is 0 Å². The maximum absolute atomic E-state index is 13.6. The number of aromatic nitrogens is 2. The molecule has 3 aromatic rings. The van der Waals surface area contributed by atoms with Gasteiger partial charge in [0.1, 0.15) is 5.75 Å². The molecule has 1 aromatic carbocycles. The van der Waals surface area contributed by atoms with Crippen LogP contribution < -0.4 is 15.6 Å². The second-order valence-electron chi connectivity index (χ2n) is 9.20. The van der Waals surface area contributed by atoms with Crippen LogP contribution in [0, 0.1) is 11.8 Å². The van der Waals surface area contributed by atoms with Crippen LogP contribution in [0.15, 0.2) is 65.7 Å². The normalized spacial score (nSPS) is 22.1. The van der Waals surface area contributed by atoms with E-state index in [0.717, 1.165) is 11.1 Å². The van der Waals surface area contributed by atoms with Gasteiger partial charge in [0.15, 0.2) is 0 Å². The molecular formula is C27H28N4O5. The maximum Gasteiger partial charge on any atom is 0.258 e. The fourth-order valence-electron chi connectivity index (χ4n) is 5.68. The predicted molar refractivity (Wildman–Crippen MR) is 132 cm³/mol. The third-order valence-corrected chi connectivity index (χ3v) is 7.30. The number of aliphatic hydroxyl groups is 1. The van der Waals surface area contributed by atoms with Crippen molar-refractivity contribution in [1.82, 2.24) is 19.8 Å². The number of nitrogens with zero attached hydrogens (tertiary/aromatic N) is 3. The first-order valence-corrected chi connectivity index (χ1v) is 11.9. The summed E-state index contributed by atoms with van der Waals surface area (Å²) in [6.07, 6.45) is 3.26.